The SMILES string of the molecule is OC(O)c1ccc(C(O)O)s1. The van der Waals surface area contributed by atoms with Gasteiger partial charge in [-0.2, -0.15) is 0 Å². The van der Waals surface area contributed by atoms with Crippen molar-refractivity contribution in [2.24, 2.45) is 0 Å². The van der Waals surface area contributed by atoms with Crippen LogP contribution in [-0.4, -0.2) is 20.4 Å². The highest BCUT2D eigenvalue weighted by Gasteiger charge is 2.09. The van der Waals surface area contributed by atoms with Gasteiger partial charge in [0, 0.05) is 0 Å². The zero-order valence-corrected chi connectivity index (χ0v) is 6.32. The van der Waals surface area contributed by atoms with Crippen LogP contribution < -0.4 is 0 Å². The van der Waals surface area contributed by atoms with Gasteiger partial charge in [0.15, 0.2) is 12.6 Å². The largest absolute Gasteiger partial charge is 0.364 e. The van der Waals surface area contributed by atoms with Crippen molar-refractivity contribution in [1.29, 1.82) is 0 Å². The van der Waals surface area contributed by atoms with Crippen molar-refractivity contribution in [3.8, 4) is 0 Å². The molecular formula is C6H8O4S. The molecule has 11 heavy (non-hydrogen) atoms. The van der Waals surface area contributed by atoms with E-state index in [9.17, 15) is 0 Å². The third-order valence-electron chi connectivity index (χ3n) is 1.16. The van der Waals surface area contributed by atoms with Crippen molar-refractivity contribution in [2.45, 2.75) is 12.6 Å². The van der Waals surface area contributed by atoms with Crippen molar-refractivity contribution >= 4 is 11.3 Å². The van der Waals surface area contributed by atoms with Crippen LogP contribution in [0, 0.1) is 0 Å². The highest BCUT2D eigenvalue weighted by Crippen LogP contribution is 2.25. The summed E-state index contributed by atoms with van der Waals surface area (Å²) in [5.74, 6) is 0. The van der Waals surface area contributed by atoms with E-state index in [-0.39, 0.29) is 0 Å². The highest BCUT2D eigenvalue weighted by atomic mass is 32.1. The fraction of sp³-hybridized carbons (Fsp3) is 0.333. The number of hydrogen-bond donors (Lipinski definition) is 4. The first-order valence-electron chi connectivity index (χ1n) is 2.93. The van der Waals surface area contributed by atoms with Crippen LogP contribution in [0.3, 0.4) is 0 Å². The smallest absolute Gasteiger partial charge is 0.188 e. The molecule has 0 amide bonds. The van der Waals surface area contributed by atoms with E-state index in [0.717, 1.165) is 11.3 Å². The Bertz CT molecular complexity index is 208. The predicted octanol–water partition coefficient (Wildman–Crippen LogP) is -0.285. The molecule has 0 aromatic carbocycles. The van der Waals surface area contributed by atoms with Crippen LogP contribution >= 0.6 is 11.3 Å². The molecule has 0 unspecified atom stereocenters. The second kappa shape index (κ2) is 3.29. The Morgan fingerprint density at radius 1 is 0.909 bits per heavy atom. The minimum absolute atomic E-state index is 0.299. The van der Waals surface area contributed by atoms with E-state index >= 15 is 0 Å². The van der Waals surface area contributed by atoms with Crippen molar-refractivity contribution in [3.05, 3.63) is 21.9 Å². The van der Waals surface area contributed by atoms with Crippen molar-refractivity contribution in [1.82, 2.24) is 0 Å². The quantitative estimate of drug-likeness (QED) is 0.467. The lowest BCUT2D eigenvalue weighted by Crippen LogP contribution is -1.90. The summed E-state index contributed by atoms with van der Waals surface area (Å²) in [6.07, 6.45) is -3.07. The Labute approximate surface area is 67.0 Å². The van der Waals surface area contributed by atoms with Crippen molar-refractivity contribution in [2.75, 3.05) is 0 Å². The first-order chi connectivity index (χ1) is 5.11. The maximum Gasteiger partial charge on any atom is 0.188 e. The predicted molar refractivity (Wildman–Crippen MR) is 38.7 cm³/mol. The molecule has 0 fully saturated rings. The second-order valence-electron chi connectivity index (χ2n) is 1.99. The van der Waals surface area contributed by atoms with E-state index in [1.54, 1.807) is 0 Å². The van der Waals surface area contributed by atoms with Crippen LogP contribution in [0.25, 0.3) is 0 Å². The van der Waals surface area contributed by atoms with Gasteiger partial charge in [0.25, 0.3) is 0 Å². The Morgan fingerprint density at radius 3 is 1.45 bits per heavy atom. The molecule has 1 aromatic heterocycles. The molecule has 0 saturated carbocycles. The summed E-state index contributed by atoms with van der Waals surface area (Å²) in [4.78, 5) is 0.598. The van der Waals surface area contributed by atoms with Crippen LogP contribution in [0.2, 0.25) is 0 Å². The van der Waals surface area contributed by atoms with E-state index in [2.05, 4.69) is 0 Å². The van der Waals surface area contributed by atoms with Crippen LogP contribution in [0.5, 0.6) is 0 Å². The molecule has 5 heteroatoms. The number of rotatable bonds is 2. The summed E-state index contributed by atoms with van der Waals surface area (Å²) < 4.78 is 0. The Balaban J connectivity index is 2.82. The third kappa shape index (κ3) is 1.98. The lowest BCUT2D eigenvalue weighted by Gasteiger charge is -1.98. The van der Waals surface area contributed by atoms with E-state index in [1.165, 1.54) is 12.1 Å². The molecule has 1 rings (SSSR count). The zero-order chi connectivity index (χ0) is 8.43. The molecule has 0 aliphatic carbocycles. The average molecular weight is 176 g/mol. The lowest BCUT2D eigenvalue weighted by atomic mass is 10.4. The zero-order valence-electron chi connectivity index (χ0n) is 5.51. The number of hydrogen-bond acceptors (Lipinski definition) is 5. The normalized spacial score (nSPS) is 11.5. The van der Waals surface area contributed by atoms with Gasteiger partial charge in [-0.1, -0.05) is 0 Å². The fourth-order valence-corrected chi connectivity index (χ4v) is 1.40. The molecule has 62 valence electrons. The van der Waals surface area contributed by atoms with Crippen molar-refractivity contribution < 1.29 is 20.4 Å². The van der Waals surface area contributed by atoms with Gasteiger partial charge in [0.2, 0.25) is 0 Å². The molecule has 0 aliphatic rings. The molecule has 0 bridgehead atoms. The van der Waals surface area contributed by atoms with Crippen LogP contribution in [0.1, 0.15) is 22.3 Å². The monoisotopic (exact) mass is 176 g/mol. The van der Waals surface area contributed by atoms with E-state index in [1.807, 2.05) is 0 Å². The molecular weight excluding hydrogens is 168 g/mol. The molecule has 4 N–H and O–H groups in total. The van der Waals surface area contributed by atoms with Crippen molar-refractivity contribution in [3.63, 3.8) is 0 Å². The molecule has 1 aromatic rings. The third-order valence-corrected chi connectivity index (χ3v) is 2.32. The van der Waals surface area contributed by atoms with Gasteiger partial charge < -0.3 is 20.4 Å². The summed E-state index contributed by atoms with van der Waals surface area (Å²) >= 11 is 0.949. The molecule has 0 radical (unpaired) electrons. The molecule has 0 atom stereocenters. The lowest BCUT2D eigenvalue weighted by molar-refractivity contribution is -0.0401. The fourth-order valence-electron chi connectivity index (χ4n) is 0.646. The van der Waals surface area contributed by atoms with Gasteiger partial charge in [0.1, 0.15) is 0 Å². The Kier molecular flexibility index (Phi) is 2.58. The molecule has 0 spiro atoms. The van der Waals surface area contributed by atoms with E-state index in [0.29, 0.717) is 9.75 Å². The Hall–Kier alpha value is -0.460. The summed E-state index contributed by atoms with van der Waals surface area (Å²) in [5, 5.41) is 34.5. The van der Waals surface area contributed by atoms with Crippen LogP contribution in [-0.2, 0) is 0 Å². The first kappa shape index (κ1) is 8.63. The van der Waals surface area contributed by atoms with Crippen LogP contribution in [0.4, 0.5) is 0 Å². The number of thiophene rings is 1. The average Bonchev–Trinajstić information content (AvgIpc) is 2.33. The number of aliphatic hydroxyl groups is 4. The molecule has 4 nitrogen and oxygen atoms in total. The Morgan fingerprint density at radius 2 is 1.27 bits per heavy atom. The summed E-state index contributed by atoms with van der Waals surface area (Å²) in [6.45, 7) is 0. The standard InChI is InChI=1S/C6H8O4S/c7-5(8)3-1-2-4(11-3)6(9)10/h1-2,5-10H. The molecule has 0 aliphatic heterocycles. The van der Waals surface area contributed by atoms with E-state index < -0.39 is 12.6 Å². The summed E-state index contributed by atoms with van der Waals surface area (Å²) in [6, 6.07) is 2.87. The summed E-state index contributed by atoms with van der Waals surface area (Å²) in [5.41, 5.74) is 0. The minimum atomic E-state index is -1.53. The topological polar surface area (TPSA) is 80.9 Å². The van der Waals surface area contributed by atoms with Gasteiger partial charge in [-0.05, 0) is 12.1 Å². The van der Waals surface area contributed by atoms with Gasteiger partial charge >= 0.3 is 0 Å². The van der Waals surface area contributed by atoms with E-state index in [4.69, 9.17) is 20.4 Å². The van der Waals surface area contributed by atoms with Gasteiger partial charge in [0.05, 0.1) is 9.75 Å². The van der Waals surface area contributed by atoms with Crippen LogP contribution in [0.15, 0.2) is 12.1 Å². The minimum Gasteiger partial charge on any atom is -0.364 e. The maximum absolute atomic E-state index is 8.62. The summed E-state index contributed by atoms with van der Waals surface area (Å²) in [7, 11) is 0. The second-order valence-corrected chi connectivity index (χ2v) is 3.13. The molecule has 1 heterocycles. The number of aliphatic hydroxyl groups excluding tert-OH is 2. The maximum atomic E-state index is 8.62. The highest BCUT2D eigenvalue weighted by molar-refractivity contribution is 7.12. The first-order valence-corrected chi connectivity index (χ1v) is 3.75. The van der Waals surface area contributed by atoms with Gasteiger partial charge in [-0.15, -0.1) is 11.3 Å². The van der Waals surface area contributed by atoms with Gasteiger partial charge in [-0.3, -0.25) is 0 Å². The van der Waals surface area contributed by atoms with Gasteiger partial charge in [-0.25, -0.2) is 0 Å². The molecule has 0 saturated heterocycles.